The van der Waals surface area contributed by atoms with Crippen LogP contribution >= 0.6 is 0 Å². The van der Waals surface area contributed by atoms with Crippen LogP contribution in [0, 0.1) is 5.82 Å². The highest BCUT2D eigenvalue weighted by molar-refractivity contribution is 5.89. The quantitative estimate of drug-likeness (QED) is 0.613. The van der Waals surface area contributed by atoms with Crippen molar-refractivity contribution in [1.82, 2.24) is 9.47 Å². The van der Waals surface area contributed by atoms with E-state index in [1.54, 1.807) is 0 Å². The number of benzene rings is 2. The average molecular weight is 391 g/mol. The summed E-state index contributed by atoms with van der Waals surface area (Å²) in [7, 11) is 1.97. The lowest BCUT2D eigenvalue weighted by molar-refractivity contribution is -0.138. The van der Waals surface area contributed by atoms with E-state index in [-0.39, 0.29) is 17.8 Å². The molecule has 3 nitrogen and oxygen atoms in total. The average Bonchev–Trinajstić information content (AvgIpc) is 3.38. The lowest BCUT2D eigenvalue weighted by Crippen LogP contribution is -2.50. The molecule has 3 aromatic rings. The lowest BCUT2D eigenvalue weighted by atomic mass is 9.77. The third kappa shape index (κ3) is 2.97. The summed E-state index contributed by atoms with van der Waals surface area (Å²) in [5.41, 5.74) is 3.08. The van der Waals surface area contributed by atoms with Gasteiger partial charge < -0.3 is 9.47 Å². The maximum Gasteiger partial charge on any atom is 0.233 e. The highest BCUT2D eigenvalue weighted by Crippen LogP contribution is 2.43. The summed E-state index contributed by atoms with van der Waals surface area (Å²) >= 11 is 0. The van der Waals surface area contributed by atoms with E-state index in [0.29, 0.717) is 0 Å². The van der Waals surface area contributed by atoms with Gasteiger partial charge in [-0.25, -0.2) is 4.39 Å². The van der Waals surface area contributed by atoms with Crippen molar-refractivity contribution in [1.29, 1.82) is 0 Å². The van der Waals surface area contributed by atoms with Crippen LogP contribution in [0.4, 0.5) is 4.39 Å². The molecule has 0 radical (unpaired) electrons. The molecule has 0 spiro atoms. The zero-order chi connectivity index (χ0) is 20.0. The van der Waals surface area contributed by atoms with Gasteiger partial charge in [-0.2, -0.15) is 0 Å². The minimum atomic E-state index is -0.499. The Bertz CT molecular complexity index is 1050. The number of nitrogens with zero attached hydrogens (tertiary/aromatic N) is 2. The number of likely N-dealkylation sites (N-methyl/N-ethyl adjacent to an activating group) is 1. The highest BCUT2D eigenvalue weighted by atomic mass is 19.1. The Morgan fingerprint density at radius 2 is 1.83 bits per heavy atom. The summed E-state index contributed by atoms with van der Waals surface area (Å²) in [6, 6.07) is 17.5. The van der Waals surface area contributed by atoms with Crippen molar-refractivity contribution >= 4 is 16.8 Å². The molecule has 0 N–H and O–H groups in total. The Hall–Kier alpha value is -2.62. The normalized spacial score (nSPS) is 20.6. The van der Waals surface area contributed by atoms with Gasteiger partial charge >= 0.3 is 0 Å². The van der Waals surface area contributed by atoms with Crippen molar-refractivity contribution in [3.63, 3.8) is 0 Å². The molecule has 1 saturated carbocycles. The molecule has 5 rings (SSSR count). The van der Waals surface area contributed by atoms with Crippen LogP contribution < -0.4 is 0 Å². The first kappa shape index (κ1) is 18.4. The third-order valence-corrected chi connectivity index (χ3v) is 7.15. The molecule has 1 fully saturated rings. The Morgan fingerprint density at radius 3 is 2.59 bits per heavy atom. The Labute approximate surface area is 171 Å². The summed E-state index contributed by atoms with van der Waals surface area (Å²) in [6.45, 7) is 0.838. The van der Waals surface area contributed by atoms with Gasteiger partial charge in [0.05, 0.1) is 5.41 Å². The minimum Gasteiger partial charge on any atom is -0.343 e. The van der Waals surface area contributed by atoms with Crippen molar-refractivity contribution in [3.05, 3.63) is 71.7 Å². The molecule has 0 bridgehead atoms. The van der Waals surface area contributed by atoms with Gasteiger partial charge in [-0.15, -0.1) is 0 Å². The van der Waals surface area contributed by atoms with Crippen LogP contribution in [-0.4, -0.2) is 28.5 Å². The van der Waals surface area contributed by atoms with Gasteiger partial charge in [-0.3, -0.25) is 4.79 Å². The summed E-state index contributed by atoms with van der Waals surface area (Å²) in [6.07, 6.45) is 5.78. The zero-order valence-corrected chi connectivity index (χ0v) is 16.9. The molecule has 1 atom stereocenters. The fourth-order valence-electron chi connectivity index (χ4n) is 5.50. The molecule has 0 unspecified atom stereocenters. The second kappa shape index (κ2) is 7.01. The Kier molecular flexibility index (Phi) is 4.45. The van der Waals surface area contributed by atoms with E-state index in [1.165, 1.54) is 28.7 Å². The Balaban J connectivity index is 1.44. The summed E-state index contributed by atoms with van der Waals surface area (Å²) in [4.78, 5) is 15.8. The highest BCUT2D eigenvalue weighted by Gasteiger charge is 2.45. The van der Waals surface area contributed by atoms with Gasteiger partial charge in [-0.1, -0.05) is 43.2 Å². The molecule has 150 valence electrons. The summed E-state index contributed by atoms with van der Waals surface area (Å²) in [5.74, 6) is -0.0477. The van der Waals surface area contributed by atoms with Gasteiger partial charge in [-0.05, 0) is 60.9 Å². The first-order chi connectivity index (χ1) is 14.1. The van der Waals surface area contributed by atoms with Crippen molar-refractivity contribution in [3.8, 4) is 0 Å². The molecular formula is C25H27FN2O. The van der Waals surface area contributed by atoms with Gasteiger partial charge in [0.1, 0.15) is 5.82 Å². The van der Waals surface area contributed by atoms with Crippen LogP contribution in [-0.2, 0) is 23.2 Å². The molecule has 1 aromatic heterocycles. The van der Waals surface area contributed by atoms with Crippen LogP contribution in [0.2, 0.25) is 0 Å². The molecule has 1 amide bonds. The van der Waals surface area contributed by atoms with Gasteiger partial charge in [0.15, 0.2) is 0 Å². The molecular weight excluding hydrogens is 363 g/mol. The number of para-hydroxylation sites is 1. The molecule has 2 aliphatic rings. The summed E-state index contributed by atoms with van der Waals surface area (Å²) < 4.78 is 15.9. The lowest BCUT2D eigenvalue weighted by Gasteiger charge is -2.39. The van der Waals surface area contributed by atoms with Crippen LogP contribution in [0.3, 0.4) is 0 Å². The largest absolute Gasteiger partial charge is 0.343 e. The van der Waals surface area contributed by atoms with Gasteiger partial charge in [0.2, 0.25) is 5.91 Å². The van der Waals surface area contributed by atoms with Gasteiger partial charge in [0.25, 0.3) is 0 Å². The van der Waals surface area contributed by atoms with Crippen molar-refractivity contribution < 1.29 is 9.18 Å². The van der Waals surface area contributed by atoms with Crippen LogP contribution in [0.1, 0.15) is 43.4 Å². The zero-order valence-electron chi connectivity index (χ0n) is 16.9. The van der Waals surface area contributed by atoms with Crippen molar-refractivity contribution in [2.24, 2.45) is 0 Å². The Morgan fingerprint density at radius 1 is 1.10 bits per heavy atom. The van der Waals surface area contributed by atoms with E-state index in [9.17, 15) is 9.18 Å². The van der Waals surface area contributed by atoms with E-state index < -0.39 is 5.41 Å². The smallest absolute Gasteiger partial charge is 0.233 e. The molecule has 4 heteroatoms. The number of halogens is 1. The molecule has 2 aromatic carbocycles. The fraction of sp³-hybridized carbons (Fsp3) is 0.400. The van der Waals surface area contributed by atoms with E-state index in [2.05, 4.69) is 34.9 Å². The van der Waals surface area contributed by atoms with E-state index in [0.717, 1.165) is 50.6 Å². The molecule has 2 heterocycles. The number of carbonyl (C=O) groups excluding carboxylic acids is 1. The van der Waals surface area contributed by atoms with Crippen molar-refractivity contribution in [2.75, 3.05) is 7.05 Å². The van der Waals surface area contributed by atoms with E-state index in [4.69, 9.17) is 0 Å². The van der Waals surface area contributed by atoms with Crippen LogP contribution in [0.25, 0.3) is 10.9 Å². The molecule has 1 aliphatic heterocycles. The first-order valence-electron chi connectivity index (χ1n) is 10.7. The summed E-state index contributed by atoms with van der Waals surface area (Å²) in [5, 5.41) is 1.27. The van der Waals surface area contributed by atoms with E-state index >= 15 is 0 Å². The number of carbonyl (C=O) groups is 1. The molecule has 1 aliphatic carbocycles. The number of amides is 1. The third-order valence-electron chi connectivity index (χ3n) is 7.15. The number of aryl methyl sites for hydroxylation is 1. The number of hydrogen-bond donors (Lipinski definition) is 0. The molecule has 29 heavy (non-hydrogen) atoms. The maximum atomic E-state index is 13.8. The predicted molar refractivity (Wildman–Crippen MR) is 113 cm³/mol. The maximum absolute atomic E-state index is 13.8. The predicted octanol–water partition coefficient (Wildman–Crippen LogP) is 5.07. The fourth-order valence-corrected chi connectivity index (χ4v) is 5.50. The monoisotopic (exact) mass is 390 g/mol. The number of hydrogen-bond acceptors (Lipinski definition) is 1. The van der Waals surface area contributed by atoms with Crippen molar-refractivity contribution in [2.45, 2.75) is 56.5 Å². The molecule has 0 saturated heterocycles. The van der Waals surface area contributed by atoms with Gasteiger partial charge in [0, 0.05) is 30.8 Å². The first-order valence-corrected chi connectivity index (χ1v) is 10.7. The number of rotatable bonds is 3. The second-order valence-corrected chi connectivity index (χ2v) is 8.71. The number of aromatic nitrogens is 1. The SMILES string of the molecule is CN(C(=O)C1(c2ccc(F)cc2)CCCC1)[C@@H]1CCc2cc3ccccc3n2C1. The van der Waals surface area contributed by atoms with E-state index in [1.807, 2.05) is 24.1 Å². The second-order valence-electron chi connectivity index (χ2n) is 8.71. The van der Waals surface area contributed by atoms with Crippen LogP contribution in [0.15, 0.2) is 54.6 Å². The standard InChI is InChI=1S/C25H27FN2O/c1-27(22-13-12-21-16-18-6-2-3-7-23(18)28(21)17-22)24(29)25(14-4-5-15-25)19-8-10-20(26)11-9-19/h2-3,6-11,16,22H,4-5,12-15,17H2,1H3/t22-/m1/s1. The minimum absolute atomic E-state index is 0.184. The topological polar surface area (TPSA) is 25.2 Å². The number of fused-ring (bicyclic) bond motifs is 3. The van der Waals surface area contributed by atoms with Crippen LogP contribution in [0.5, 0.6) is 0 Å².